The minimum Gasteiger partial charge on any atom is -0.481 e. The van der Waals surface area contributed by atoms with Gasteiger partial charge < -0.3 is 51.4 Å². The molecule has 0 radical (unpaired) electrons. The largest absolute Gasteiger partial charge is 0.481 e. The Labute approximate surface area is 311 Å². The quantitative estimate of drug-likeness (QED) is 0.0163. The lowest BCUT2D eigenvalue weighted by Crippen LogP contribution is -2.56. The molecule has 3 atom stereocenters. The van der Waals surface area contributed by atoms with Gasteiger partial charge in [-0.25, -0.2) is 9.59 Å². The lowest BCUT2D eigenvalue weighted by atomic mass is 9.74. The topological polar surface area (TPSA) is 347 Å². The van der Waals surface area contributed by atoms with Gasteiger partial charge in [-0.15, -0.1) is 0 Å². The molecule has 308 valence electrons. The molecule has 0 heterocycles. The molecule has 0 spiro atoms. The third-order valence-corrected chi connectivity index (χ3v) is 8.24. The molecule has 0 aromatic rings. The average Bonchev–Trinajstić information content (AvgIpc) is 3.04. The maximum atomic E-state index is 13.0. The van der Waals surface area contributed by atoms with Crippen LogP contribution in [0.1, 0.15) is 66.2 Å². The van der Waals surface area contributed by atoms with Gasteiger partial charge in [-0.2, -0.15) is 8.42 Å². The Balaban J connectivity index is 4.71. The number of hydrogen-bond acceptors (Lipinski definition) is 13. The monoisotopic (exact) mass is 797 g/mol. The molecule has 23 heteroatoms. The van der Waals surface area contributed by atoms with Gasteiger partial charge >= 0.3 is 17.9 Å². The van der Waals surface area contributed by atoms with E-state index in [1.54, 1.807) is 0 Å². The molecule has 0 aliphatic heterocycles. The number of carbonyl (C=O) groups is 9. The zero-order valence-corrected chi connectivity index (χ0v) is 31.3. The first-order chi connectivity index (χ1) is 24.9. The molecule has 5 amide bonds. The summed E-state index contributed by atoms with van der Waals surface area (Å²) in [6.07, 6.45) is -0.197. The smallest absolute Gasteiger partial charge is 0.326 e. The minimum atomic E-state index is -4.88. The molecular formula is C31H51N5O17S. The first-order valence-electron chi connectivity index (χ1n) is 16.6. The summed E-state index contributed by atoms with van der Waals surface area (Å²) < 4.78 is 42.9. The number of nitrogens with one attached hydrogen (secondary N) is 5. The van der Waals surface area contributed by atoms with Crippen LogP contribution in [0.2, 0.25) is 0 Å². The van der Waals surface area contributed by atoms with Gasteiger partial charge in [0.2, 0.25) is 29.9 Å². The molecule has 9 N–H and O–H groups in total. The van der Waals surface area contributed by atoms with Crippen LogP contribution in [0.5, 0.6) is 0 Å². The van der Waals surface area contributed by atoms with Crippen LogP contribution >= 0.6 is 0 Å². The number of carboxylic acid groups (broad SMARTS) is 3. The summed E-state index contributed by atoms with van der Waals surface area (Å²) in [5, 5.41) is 39.5. The molecule has 54 heavy (non-hydrogen) atoms. The molecule has 0 saturated heterocycles. The Morgan fingerprint density at radius 1 is 0.704 bits per heavy atom. The number of ether oxygens (including phenoxy) is 2. The third kappa shape index (κ3) is 21.7. The highest BCUT2D eigenvalue weighted by atomic mass is 32.2. The summed E-state index contributed by atoms with van der Waals surface area (Å²) in [5.41, 5.74) is -2.84. The maximum absolute atomic E-state index is 13.0. The molecule has 22 nitrogen and oxygen atoms in total. The zero-order chi connectivity index (χ0) is 41.7. The number of amides is 5. The van der Waals surface area contributed by atoms with E-state index in [9.17, 15) is 71.4 Å². The van der Waals surface area contributed by atoms with Crippen LogP contribution in [0.4, 0.5) is 0 Å². The van der Waals surface area contributed by atoms with Gasteiger partial charge in [-0.05, 0) is 46.0 Å². The first-order valence-corrected chi connectivity index (χ1v) is 18.2. The van der Waals surface area contributed by atoms with Gasteiger partial charge in [0.25, 0.3) is 16.0 Å². The van der Waals surface area contributed by atoms with Gasteiger partial charge in [0.05, 0.1) is 25.2 Å². The minimum absolute atomic E-state index is 0.0130. The number of aliphatic carboxylic acids is 3. The molecule has 3 unspecified atom stereocenters. The lowest BCUT2D eigenvalue weighted by Gasteiger charge is -2.32. The highest BCUT2D eigenvalue weighted by molar-refractivity contribution is 7.85. The van der Waals surface area contributed by atoms with Crippen molar-refractivity contribution in [3.63, 3.8) is 0 Å². The van der Waals surface area contributed by atoms with Crippen LogP contribution in [0.3, 0.4) is 0 Å². The predicted octanol–water partition coefficient (Wildman–Crippen LogP) is -2.56. The van der Waals surface area contributed by atoms with Crippen molar-refractivity contribution in [2.45, 2.75) is 84.3 Å². The number of carboxylic acids is 3. The Morgan fingerprint density at radius 3 is 1.85 bits per heavy atom. The Bertz CT molecular complexity index is 1450. The summed E-state index contributed by atoms with van der Waals surface area (Å²) in [6.45, 7) is 5.00. The van der Waals surface area contributed by atoms with E-state index in [4.69, 9.17) is 9.47 Å². The molecular weight excluding hydrogens is 746 g/mol. The van der Waals surface area contributed by atoms with E-state index in [1.165, 1.54) is 27.7 Å². The fourth-order valence-corrected chi connectivity index (χ4v) is 5.42. The number of unbranched alkanes of at least 4 members (excludes halogenated alkanes) is 1. The van der Waals surface area contributed by atoms with Crippen molar-refractivity contribution in [3.05, 3.63) is 0 Å². The van der Waals surface area contributed by atoms with Gasteiger partial charge in [-0.3, -0.25) is 38.1 Å². The summed E-state index contributed by atoms with van der Waals surface area (Å²) in [6, 6.07) is -4.88. The zero-order valence-electron chi connectivity index (χ0n) is 30.5. The normalized spacial score (nSPS) is 13.4. The van der Waals surface area contributed by atoms with Crippen molar-refractivity contribution in [2.75, 3.05) is 45.3 Å². The van der Waals surface area contributed by atoms with E-state index in [0.29, 0.717) is 12.8 Å². The highest BCUT2D eigenvalue weighted by Gasteiger charge is 2.41. The van der Waals surface area contributed by atoms with Crippen molar-refractivity contribution in [3.8, 4) is 0 Å². The molecule has 0 bridgehead atoms. The molecule has 0 aliphatic rings. The van der Waals surface area contributed by atoms with Crippen molar-refractivity contribution < 1.29 is 80.9 Å². The summed E-state index contributed by atoms with van der Waals surface area (Å²) >= 11 is 0. The van der Waals surface area contributed by atoms with Gasteiger partial charge in [0.15, 0.2) is 0 Å². The predicted molar refractivity (Wildman–Crippen MR) is 184 cm³/mol. The van der Waals surface area contributed by atoms with E-state index in [0.717, 1.165) is 0 Å². The fourth-order valence-electron chi connectivity index (χ4n) is 4.77. The molecule has 0 fully saturated rings. The van der Waals surface area contributed by atoms with Gasteiger partial charge in [0.1, 0.15) is 30.5 Å². The van der Waals surface area contributed by atoms with Crippen LogP contribution in [-0.2, 0) is 62.7 Å². The van der Waals surface area contributed by atoms with Crippen LogP contribution in [0, 0.1) is 10.8 Å². The van der Waals surface area contributed by atoms with E-state index < -0.39 is 112 Å². The highest BCUT2D eigenvalue weighted by Crippen LogP contribution is 2.34. The van der Waals surface area contributed by atoms with Crippen LogP contribution in [0.15, 0.2) is 0 Å². The van der Waals surface area contributed by atoms with Crippen LogP contribution in [-0.4, -0.2) is 145 Å². The van der Waals surface area contributed by atoms with E-state index >= 15 is 0 Å². The van der Waals surface area contributed by atoms with Gasteiger partial charge in [-0.1, -0.05) is 13.8 Å². The number of rotatable bonds is 29. The molecule has 0 aromatic heterocycles. The van der Waals surface area contributed by atoms with Crippen LogP contribution in [0.25, 0.3) is 0 Å². The van der Waals surface area contributed by atoms with Crippen LogP contribution < -0.4 is 26.6 Å². The molecule has 0 aromatic carbocycles. The lowest BCUT2D eigenvalue weighted by molar-refractivity contribution is -0.150. The second-order valence-electron chi connectivity index (χ2n) is 13.3. The Kier molecular flexibility index (Phi) is 21.7. The maximum Gasteiger partial charge on any atom is 0.326 e. The van der Waals surface area contributed by atoms with Gasteiger partial charge in [0, 0.05) is 24.9 Å². The molecule has 0 aliphatic carbocycles. The number of carbonyl (C=O) groups excluding carboxylic acids is 6. The second kappa shape index (κ2) is 23.8. The van der Waals surface area contributed by atoms with Crippen molar-refractivity contribution >= 4 is 63.8 Å². The number of hydrogen-bond donors (Lipinski definition) is 9. The second-order valence-corrected chi connectivity index (χ2v) is 14.8. The van der Waals surface area contributed by atoms with E-state index in [-0.39, 0.29) is 52.0 Å². The van der Waals surface area contributed by atoms with Crippen molar-refractivity contribution in [2.24, 2.45) is 10.8 Å². The molecule has 0 rings (SSSR count). The van der Waals surface area contributed by atoms with E-state index in [1.807, 2.05) is 5.32 Å². The third-order valence-electron chi connectivity index (χ3n) is 7.48. The number of aldehydes is 1. The standard InChI is InChI=1S/C31H51N5O17S/c1-30(2,18-31(3,4)29(47)48)28(46)36-21(17-54(49,50)51)25(41)35-20(27(44)45)8-9-22(38)33-11-12-52-13-14-53-16-24(40)34-19(26(42)43)7-5-6-10-32-23(39)15-37/h15,19-21H,5-14,16-18H2,1-4H3,(H,32,39)(H,33,38)(H,34,40)(H,35,41)(H,36,46)(H,42,43)(H,44,45)(H,47,48)(H,49,50,51). The first kappa shape index (κ1) is 49.3. The summed E-state index contributed by atoms with van der Waals surface area (Å²) in [4.78, 5) is 106. The molecule has 0 saturated carbocycles. The van der Waals surface area contributed by atoms with Crippen molar-refractivity contribution in [1.82, 2.24) is 26.6 Å². The fraction of sp³-hybridized carbons (Fsp3) is 0.710. The Morgan fingerprint density at radius 2 is 1.30 bits per heavy atom. The van der Waals surface area contributed by atoms with Crippen molar-refractivity contribution in [1.29, 1.82) is 0 Å². The SMILES string of the molecule is CC(C)(CC(C)(C)C(=O)NC(CS(=O)(=O)O)C(=O)NC(CCC(=O)NCCOCCOCC(=O)NC(CCCCNC(=O)C=O)C(=O)O)C(=O)O)C(=O)O. The average molecular weight is 798 g/mol. The summed E-state index contributed by atoms with van der Waals surface area (Å²) in [7, 11) is -4.88. The van der Waals surface area contributed by atoms with E-state index in [2.05, 4.69) is 21.3 Å². The Hall–Kier alpha value is -4.74. The summed E-state index contributed by atoms with van der Waals surface area (Å²) in [5.74, 6) is -9.77.